The first-order valence-electron chi connectivity index (χ1n) is 8.00. The number of hydrogen-bond acceptors (Lipinski definition) is 4. The smallest absolute Gasteiger partial charge is 0.228 e. The summed E-state index contributed by atoms with van der Waals surface area (Å²) in [4.78, 5) is 28.7. The number of nitrogens with zero attached hydrogens (tertiary/aromatic N) is 2. The molecule has 0 spiro atoms. The van der Waals surface area contributed by atoms with E-state index in [1.807, 2.05) is 0 Å². The maximum Gasteiger partial charge on any atom is 0.228 e. The number of ether oxygens (including phenoxy) is 1. The lowest BCUT2D eigenvalue weighted by Gasteiger charge is -2.30. The first kappa shape index (κ1) is 14.8. The van der Waals surface area contributed by atoms with E-state index in [2.05, 4.69) is 10.2 Å². The Hall–Kier alpha value is -1.14. The monoisotopic (exact) mass is 295 g/mol. The van der Waals surface area contributed by atoms with Gasteiger partial charge in [-0.2, -0.15) is 0 Å². The van der Waals surface area contributed by atoms with Gasteiger partial charge in [0.25, 0.3) is 0 Å². The largest absolute Gasteiger partial charge is 0.383 e. The molecule has 2 bridgehead atoms. The molecule has 118 valence electrons. The lowest BCUT2D eigenvalue weighted by molar-refractivity contribution is -0.138. The Labute approximate surface area is 125 Å². The molecule has 3 rings (SSSR count). The highest BCUT2D eigenvalue weighted by Gasteiger charge is 2.43. The molecule has 2 amide bonds. The molecule has 0 aliphatic carbocycles. The molecule has 3 aliphatic rings. The molecule has 1 N–H and O–H groups in total. The number of likely N-dealkylation sites (tertiary alicyclic amines) is 1. The van der Waals surface area contributed by atoms with Crippen LogP contribution in [-0.4, -0.2) is 73.6 Å². The van der Waals surface area contributed by atoms with Crippen LogP contribution in [-0.2, 0) is 14.3 Å². The van der Waals surface area contributed by atoms with Crippen molar-refractivity contribution in [3.05, 3.63) is 0 Å². The molecule has 0 saturated carbocycles. The molecule has 3 heterocycles. The molecule has 3 saturated heterocycles. The van der Waals surface area contributed by atoms with E-state index in [9.17, 15) is 9.59 Å². The van der Waals surface area contributed by atoms with E-state index in [1.54, 1.807) is 12.0 Å². The number of rotatable bonds is 4. The minimum atomic E-state index is -0.157. The van der Waals surface area contributed by atoms with Gasteiger partial charge in [0.1, 0.15) is 0 Å². The van der Waals surface area contributed by atoms with E-state index in [0.29, 0.717) is 38.2 Å². The molecule has 0 aromatic rings. The summed E-state index contributed by atoms with van der Waals surface area (Å²) in [5.74, 6) is 0.126. The fourth-order valence-corrected chi connectivity index (χ4v) is 3.91. The molecule has 6 nitrogen and oxygen atoms in total. The molecule has 3 aliphatic heterocycles. The van der Waals surface area contributed by atoms with Crippen molar-refractivity contribution in [2.45, 2.75) is 37.8 Å². The van der Waals surface area contributed by atoms with Crippen LogP contribution in [0.2, 0.25) is 0 Å². The van der Waals surface area contributed by atoms with E-state index in [0.717, 1.165) is 32.4 Å². The number of fused-ring (bicyclic) bond motifs is 2. The predicted octanol–water partition coefficient (Wildman–Crippen LogP) is -0.166. The van der Waals surface area contributed by atoms with E-state index in [4.69, 9.17) is 4.74 Å². The van der Waals surface area contributed by atoms with Crippen LogP contribution >= 0.6 is 0 Å². The van der Waals surface area contributed by atoms with Crippen LogP contribution in [0, 0.1) is 5.92 Å². The Kier molecular flexibility index (Phi) is 4.45. The van der Waals surface area contributed by atoms with E-state index in [-0.39, 0.29) is 17.7 Å². The zero-order valence-corrected chi connectivity index (χ0v) is 12.7. The average molecular weight is 295 g/mol. The molecule has 3 fully saturated rings. The van der Waals surface area contributed by atoms with Gasteiger partial charge in [-0.15, -0.1) is 0 Å². The Bertz CT molecular complexity index is 401. The van der Waals surface area contributed by atoms with Gasteiger partial charge in [-0.1, -0.05) is 0 Å². The number of methoxy groups -OCH3 is 1. The van der Waals surface area contributed by atoms with E-state index >= 15 is 0 Å². The first-order valence-corrected chi connectivity index (χ1v) is 8.00. The lowest BCUT2D eigenvalue weighted by Crippen LogP contribution is -2.46. The van der Waals surface area contributed by atoms with Crippen molar-refractivity contribution in [1.29, 1.82) is 0 Å². The van der Waals surface area contributed by atoms with Crippen LogP contribution in [0.3, 0.4) is 0 Å². The Balaban J connectivity index is 1.64. The molecule has 0 radical (unpaired) electrons. The third-order valence-electron chi connectivity index (χ3n) is 5.04. The second-order valence-corrected chi connectivity index (χ2v) is 6.36. The second kappa shape index (κ2) is 6.32. The number of carbonyl (C=O) groups excluding carboxylic acids is 2. The van der Waals surface area contributed by atoms with Gasteiger partial charge >= 0.3 is 0 Å². The molecular weight excluding hydrogens is 270 g/mol. The van der Waals surface area contributed by atoms with Crippen LogP contribution in [0.25, 0.3) is 0 Å². The second-order valence-electron chi connectivity index (χ2n) is 6.36. The zero-order chi connectivity index (χ0) is 14.8. The molecular formula is C15H25N3O3. The van der Waals surface area contributed by atoms with Gasteiger partial charge in [0.15, 0.2) is 0 Å². The number of amides is 2. The van der Waals surface area contributed by atoms with E-state index < -0.39 is 0 Å². The predicted molar refractivity (Wildman–Crippen MR) is 77.7 cm³/mol. The normalized spacial score (nSPS) is 32.6. The maximum absolute atomic E-state index is 12.9. The third kappa shape index (κ3) is 2.92. The minimum absolute atomic E-state index is 0.0886. The average Bonchev–Trinajstić information content (AvgIpc) is 2.95. The molecule has 0 aromatic heterocycles. The number of hydrogen-bond donors (Lipinski definition) is 1. The summed E-state index contributed by atoms with van der Waals surface area (Å²) in [5.41, 5.74) is 0. The van der Waals surface area contributed by atoms with Crippen LogP contribution in [0.4, 0.5) is 0 Å². The Morgan fingerprint density at radius 1 is 1.33 bits per heavy atom. The molecule has 21 heavy (non-hydrogen) atoms. The first-order chi connectivity index (χ1) is 10.2. The molecule has 3 unspecified atom stereocenters. The van der Waals surface area contributed by atoms with Crippen LogP contribution < -0.4 is 5.32 Å². The summed E-state index contributed by atoms with van der Waals surface area (Å²) >= 11 is 0. The van der Waals surface area contributed by atoms with Gasteiger partial charge in [0.05, 0.1) is 12.5 Å². The van der Waals surface area contributed by atoms with Gasteiger partial charge in [-0.05, 0) is 25.8 Å². The highest BCUT2D eigenvalue weighted by atomic mass is 16.5. The van der Waals surface area contributed by atoms with Crippen molar-refractivity contribution in [3.63, 3.8) is 0 Å². The molecule has 0 aromatic carbocycles. The standard InChI is InChI=1S/C15H25N3O3/c1-21-7-6-17-10-11(8-14(17)19)15(20)18-12-2-3-13(18)9-16-5-4-12/h11-13,16H,2-10H2,1H3. The van der Waals surface area contributed by atoms with Crippen molar-refractivity contribution in [3.8, 4) is 0 Å². The summed E-state index contributed by atoms with van der Waals surface area (Å²) < 4.78 is 5.03. The molecule has 3 atom stereocenters. The SMILES string of the molecule is COCCN1CC(C(=O)N2C3CCNCC2CC3)CC1=O. The van der Waals surface area contributed by atoms with Crippen molar-refractivity contribution in [1.82, 2.24) is 15.1 Å². The van der Waals surface area contributed by atoms with Crippen LogP contribution in [0.5, 0.6) is 0 Å². The van der Waals surface area contributed by atoms with Gasteiger partial charge in [-0.25, -0.2) is 0 Å². The lowest BCUT2D eigenvalue weighted by atomic mass is 10.1. The fourth-order valence-electron chi connectivity index (χ4n) is 3.91. The fraction of sp³-hybridized carbons (Fsp3) is 0.867. The van der Waals surface area contributed by atoms with Crippen molar-refractivity contribution < 1.29 is 14.3 Å². The summed E-state index contributed by atoms with van der Waals surface area (Å²) in [6.07, 6.45) is 3.62. The van der Waals surface area contributed by atoms with Gasteiger partial charge < -0.3 is 19.9 Å². The van der Waals surface area contributed by atoms with Crippen molar-refractivity contribution >= 4 is 11.8 Å². The van der Waals surface area contributed by atoms with E-state index in [1.165, 1.54) is 0 Å². The summed E-state index contributed by atoms with van der Waals surface area (Å²) in [7, 11) is 1.63. The van der Waals surface area contributed by atoms with Gasteiger partial charge in [0, 0.05) is 45.2 Å². The Morgan fingerprint density at radius 3 is 2.95 bits per heavy atom. The van der Waals surface area contributed by atoms with Gasteiger partial charge in [0.2, 0.25) is 11.8 Å². The highest BCUT2D eigenvalue weighted by molar-refractivity contribution is 5.89. The van der Waals surface area contributed by atoms with Gasteiger partial charge in [-0.3, -0.25) is 9.59 Å². The quantitative estimate of drug-likeness (QED) is 0.782. The van der Waals surface area contributed by atoms with Crippen LogP contribution in [0.15, 0.2) is 0 Å². The molecule has 6 heteroatoms. The highest BCUT2D eigenvalue weighted by Crippen LogP contribution is 2.31. The minimum Gasteiger partial charge on any atom is -0.383 e. The van der Waals surface area contributed by atoms with Crippen molar-refractivity contribution in [2.24, 2.45) is 5.92 Å². The summed E-state index contributed by atoms with van der Waals surface area (Å²) in [6.45, 7) is 3.58. The maximum atomic E-state index is 12.9. The summed E-state index contributed by atoms with van der Waals surface area (Å²) in [5, 5.41) is 3.41. The number of nitrogens with one attached hydrogen (secondary N) is 1. The zero-order valence-electron chi connectivity index (χ0n) is 12.7. The van der Waals surface area contributed by atoms with Crippen molar-refractivity contribution in [2.75, 3.05) is 39.9 Å². The summed E-state index contributed by atoms with van der Waals surface area (Å²) in [6, 6.07) is 0.703. The Morgan fingerprint density at radius 2 is 2.14 bits per heavy atom. The number of carbonyl (C=O) groups is 2. The third-order valence-corrected chi connectivity index (χ3v) is 5.04. The van der Waals surface area contributed by atoms with Crippen LogP contribution in [0.1, 0.15) is 25.7 Å². The topological polar surface area (TPSA) is 61.9 Å².